The number of carboxylic acid groups (broad SMARTS) is 1. The molecule has 0 unspecified atom stereocenters. The number of carboxylic acids is 1. The predicted octanol–water partition coefficient (Wildman–Crippen LogP) is 0.173. The molecule has 1 aliphatic heterocycles. The zero-order valence-electron chi connectivity index (χ0n) is 12.8. The Morgan fingerprint density at radius 3 is 2.41 bits per heavy atom. The molecule has 1 saturated heterocycles. The highest BCUT2D eigenvalue weighted by Gasteiger charge is 2.52. The maximum Gasteiger partial charge on any atom is 0.325 e. The van der Waals surface area contributed by atoms with Gasteiger partial charge in [0, 0.05) is 6.04 Å². The van der Waals surface area contributed by atoms with E-state index in [1.165, 1.54) is 0 Å². The molecule has 22 heavy (non-hydrogen) atoms. The van der Waals surface area contributed by atoms with E-state index in [1.807, 2.05) is 0 Å². The molecule has 0 aromatic carbocycles. The summed E-state index contributed by atoms with van der Waals surface area (Å²) in [6.07, 6.45) is 2.91. The van der Waals surface area contributed by atoms with Crippen molar-refractivity contribution < 1.29 is 24.3 Å². The van der Waals surface area contributed by atoms with Gasteiger partial charge in [-0.25, -0.2) is 4.79 Å². The third-order valence-electron chi connectivity index (χ3n) is 4.25. The Bertz CT molecular complexity index is 511. The maximum atomic E-state index is 12.4. The van der Waals surface area contributed by atoms with Crippen LogP contribution in [-0.4, -0.2) is 63.4 Å². The monoisotopic (exact) mass is 311 g/mol. The number of amides is 4. The standard InChI is InChI=1S/C14H21N3O5/c1-9(2)16(8-11(19)20)10(18)7-17-12(21)14(15-13(17)22)5-3-4-6-14/h9H,3-8H2,1-2H3,(H,15,22)(H,19,20). The molecule has 1 aliphatic carbocycles. The van der Waals surface area contributed by atoms with E-state index in [2.05, 4.69) is 5.32 Å². The van der Waals surface area contributed by atoms with Crippen LogP contribution in [0.3, 0.4) is 0 Å². The topological polar surface area (TPSA) is 107 Å². The van der Waals surface area contributed by atoms with Crippen LogP contribution >= 0.6 is 0 Å². The molecular weight excluding hydrogens is 290 g/mol. The van der Waals surface area contributed by atoms with Gasteiger partial charge in [-0.05, 0) is 26.7 Å². The van der Waals surface area contributed by atoms with E-state index < -0.39 is 36.5 Å². The van der Waals surface area contributed by atoms with Crippen LogP contribution in [0, 0.1) is 0 Å². The van der Waals surface area contributed by atoms with E-state index in [4.69, 9.17) is 5.11 Å². The summed E-state index contributed by atoms with van der Waals surface area (Å²) in [5.41, 5.74) is -0.854. The molecule has 0 atom stereocenters. The second kappa shape index (κ2) is 5.94. The lowest BCUT2D eigenvalue weighted by Gasteiger charge is -2.26. The largest absolute Gasteiger partial charge is 0.480 e. The number of rotatable bonds is 5. The minimum atomic E-state index is -1.13. The summed E-state index contributed by atoms with van der Waals surface area (Å²) in [6, 6.07) is -0.899. The Labute approximate surface area is 128 Å². The molecule has 2 fully saturated rings. The summed E-state index contributed by atoms with van der Waals surface area (Å²) in [7, 11) is 0. The molecule has 0 bridgehead atoms. The zero-order valence-corrected chi connectivity index (χ0v) is 12.8. The summed E-state index contributed by atoms with van der Waals surface area (Å²) < 4.78 is 0. The molecule has 1 spiro atoms. The highest BCUT2D eigenvalue weighted by molar-refractivity contribution is 6.09. The Hall–Kier alpha value is -2.12. The quantitative estimate of drug-likeness (QED) is 0.704. The third kappa shape index (κ3) is 2.90. The Balaban J connectivity index is 2.09. The molecule has 1 heterocycles. The van der Waals surface area contributed by atoms with Crippen molar-refractivity contribution in [3.8, 4) is 0 Å². The smallest absolute Gasteiger partial charge is 0.325 e. The summed E-state index contributed by atoms with van der Waals surface area (Å²) in [4.78, 5) is 49.6. The highest BCUT2D eigenvalue weighted by Crippen LogP contribution is 2.34. The van der Waals surface area contributed by atoms with Gasteiger partial charge in [-0.3, -0.25) is 19.3 Å². The van der Waals surface area contributed by atoms with E-state index in [0.29, 0.717) is 12.8 Å². The molecule has 8 nitrogen and oxygen atoms in total. The summed E-state index contributed by atoms with van der Waals surface area (Å²) in [5.74, 6) is -2.05. The van der Waals surface area contributed by atoms with Gasteiger partial charge in [-0.2, -0.15) is 0 Å². The van der Waals surface area contributed by atoms with Crippen LogP contribution in [0.15, 0.2) is 0 Å². The summed E-state index contributed by atoms with van der Waals surface area (Å²) >= 11 is 0. The lowest BCUT2D eigenvalue weighted by atomic mass is 9.98. The Morgan fingerprint density at radius 2 is 1.91 bits per heavy atom. The SMILES string of the molecule is CC(C)N(CC(=O)O)C(=O)CN1C(=O)NC2(CCCC2)C1=O. The van der Waals surface area contributed by atoms with Gasteiger partial charge in [0.1, 0.15) is 18.6 Å². The number of hydrogen-bond acceptors (Lipinski definition) is 4. The van der Waals surface area contributed by atoms with Crippen LogP contribution in [0.25, 0.3) is 0 Å². The van der Waals surface area contributed by atoms with Gasteiger partial charge in [-0.15, -0.1) is 0 Å². The minimum absolute atomic E-state index is 0.329. The average Bonchev–Trinajstić information content (AvgIpc) is 2.97. The van der Waals surface area contributed by atoms with Crippen molar-refractivity contribution in [1.82, 2.24) is 15.1 Å². The number of urea groups is 1. The predicted molar refractivity (Wildman–Crippen MR) is 75.9 cm³/mol. The number of aliphatic carboxylic acids is 1. The lowest BCUT2D eigenvalue weighted by molar-refractivity contribution is -0.147. The Morgan fingerprint density at radius 1 is 1.32 bits per heavy atom. The molecule has 2 rings (SSSR count). The first-order valence-electron chi connectivity index (χ1n) is 7.42. The van der Waals surface area contributed by atoms with E-state index in [-0.39, 0.29) is 11.9 Å². The van der Waals surface area contributed by atoms with Crippen molar-refractivity contribution >= 4 is 23.8 Å². The van der Waals surface area contributed by atoms with Crippen LogP contribution < -0.4 is 5.32 Å². The van der Waals surface area contributed by atoms with Gasteiger partial charge in [0.05, 0.1) is 0 Å². The number of imide groups is 1. The van der Waals surface area contributed by atoms with Gasteiger partial charge in [0.15, 0.2) is 0 Å². The first kappa shape index (κ1) is 16.3. The minimum Gasteiger partial charge on any atom is -0.480 e. The van der Waals surface area contributed by atoms with Gasteiger partial charge < -0.3 is 15.3 Å². The maximum absolute atomic E-state index is 12.4. The molecule has 0 aromatic heterocycles. The summed E-state index contributed by atoms with van der Waals surface area (Å²) in [6.45, 7) is 2.50. The van der Waals surface area contributed by atoms with Crippen LogP contribution in [-0.2, 0) is 14.4 Å². The molecular formula is C14H21N3O5. The second-order valence-corrected chi connectivity index (χ2v) is 6.12. The van der Waals surface area contributed by atoms with Crippen molar-refractivity contribution in [3.05, 3.63) is 0 Å². The van der Waals surface area contributed by atoms with E-state index in [1.54, 1.807) is 13.8 Å². The molecule has 0 aromatic rings. The number of carbonyl (C=O) groups excluding carboxylic acids is 3. The molecule has 8 heteroatoms. The fourth-order valence-corrected chi connectivity index (χ4v) is 3.07. The van der Waals surface area contributed by atoms with Crippen molar-refractivity contribution in [2.24, 2.45) is 0 Å². The lowest BCUT2D eigenvalue weighted by Crippen LogP contribution is -2.48. The van der Waals surface area contributed by atoms with Gasteiger partial charge in [-0.1, -0.05) is 12.8 Å². The average molecular weight is 311 g/mol. The molecule has 1 saturated carbocycles. The van der Waals surface area contributed by atoms with E-state index in [0.717, 1.165) is 22.6 Å². The van der Waals surface area contributed by atoms with Gasteiger partial charge >= 0.3 is 12.0 Å². The first-order valence-corrected chi connectivity index (χ1v) is 7.42. The molecule has 2 aliphatic rings. The molecule has 4 amide bonds. The van der Waals surface area contributed by atoms with Crippen LogP contribution in [0.5, 0.6) is 0 Å². The fraction of sp³-hybridized carbons (Fsp3) is 0.714. The number of carbonyl (C=O) groups is 4. The van der Waals surface area contributed by atoms with Gasteiger partial charge in [0.25, 0.3) is 5.91 Å². The summed E-state index contributed by atoms with van der Waals surface area (Å²) in [5, 5.41) is 11.6. The van der Waals surface area contributed by atoms with E-state index in [9.17, 15) is 19.2 Å². The van der Waals surface area contributed by atoms with Crippen molar-refractivity contribution in [3.63, 3.8) is 0 Å². The number of hydrogen-bond donors (Lipinski definition) is 2. The Kier molecular flexibility index (Phi) is 4.39. The normalized spacial score (nSPS) is 19.9. The third-order valence-corrected chi connectivity index (χ3v) is 4.25. The van der Waals surface area contributed by atoms with Crippen LogP contribution in [0.4, 0.5) is 4.79 Å². The van der Waals surface area contributed by atoms with Crippen LogP contribution in [0.2, 0.25) is 0 Å². The van der Waals surface area contributed by atoms with E-state index >= 15 is 0 Å². The number of nitrogens with zero attached hydrogens (tertiary/aromatic N) is 2. The first-order chi connectivity index (χ1) is 10.3. The molecule has 0 radical (unpaired) electrons. The van der Waals surface area contributed by atoms with Crippen molar-refractivity contribution in [1.29, 1.82) is 0 Å². The van der Waals surface area contributed by atoms with Crippen molar-refractivity contribution in [2.75, 3.05) is 13.1 Å². The fourth-order valence-electron chi connectivity index (χ4n) is 3.07. The van der Waals surface area contributed by atoms with Crippen molar-refractivity contribution in [2.45, 2.75) is 51.1 Å². The van der Waals surface area contributed by atoms with Gasteiger partial charge in [0.2, 0.25) is 5.91 Å². The second-order valence-electron chi connectivity index (χ2n) is 6.12. The zero-order chi connectivity index (χ0) is 16.5. The molecule has 2 N–H and O–H groups in total. The van der Waals surface area contributed by atoms with Crippen LogP contribution in [0.1, 0.15) is 39.5 Å². The number of nitrogens with one attached hydrogen (secondary N) is 1. The molecule has 122 valence electrons. The highest BCUT2D eigenvalue weighted by atomic mass is 16.4.